The number of amides is 1. The molecule has 0 aliphatic carbocycles. The number of benzene rings is 3. The van der Waals surface area contributed by atoms with Crippen molar-refractivity contribution in [3.63, 3.8) is 0 Å². The van der Waals surface area contributed by atoms with Crippen molar-refractivity contribution in [3.8, 4) is 5.75 Å². The fraction of sp³-hybridized carbons (Fsp3) is 0.441. The summed E-state index contributed by atoms with van der Waals surface area (Å²) < 4.78 is 24.4. The lowest BCUT2D eigenvalue weighted by molar-refractivity contribution is -0.127. The number of hydrogen-bond donors (Lipinski definition) is 0. The molecule has 1 amide bonds. The van der Waals surface area contributed by atoms with Crippen molar-refractivity contribution in [2.45, 2.75) is 72.0 Å². The molecule has 1 heterocycles. The second-order valence-electron chi connectivity index (χ2n) is 10.1. The number of carbonyl (C=O) groups excluding carboxylic acids is 1. The van der Waals surface area contributed by atoms with E-state index >= 15 is 0 Å². The Morgan fingerprint density at radius 2 is 1.52 bits per heavy atom. The molecule has 6 heteroatoms. The zero-order chi connectivity index (χ0) is 28.6. The van der Waals surface area contributed by atoms with Crippen molar-refractivity contribution in [2.24, 2.45) is 0 Å². The smallest absolute Gasteiger partial charge is 0.268 e. The van der Waals surface area contributed by atoms with E-state index < -0.39 is 6.10 Å². The number of unbranched alkanes of at least 4 members (excludes halogenated alkanes) is 2. The molecule has 0 saturated carbocycles. The van der Waals surface area contributed by atoms with Gasteiger partial charge in [0.05, 0.1) is 18.9 Å². The molecule has 3 aromatic carbocycles. The maximum atomic E-state index is 12.9. The summed E-state index contributed by atoms with van der Waals surface area (Å²) in [6, 6.07) is 24.6. The number of halogens is 1. The monoisotopic (exact) mass is 548 g/mol. The number of para-hydroxylation sites is 2. The Bertz CT molecular complexity index is 1120. The number of nitrogens with zero attached hydrogens (tertiary/aromatic N) is 2. The molecule has 0 radical (unpaired) electrons. The molecule has 1 atom stereocenters. The number of anilines is 2. The van der Waals surface area contributed by atoms with E-state index in [1.807, 2.05) is 71.6 Å². The van der Waals surface area contributed by atoms with Crippen molar-refractivity contribution >= 4 is 17.3 Å². The van der Waals surface area contributed by atoms with Crippen LogP contribution in [0.3, 0.4) is 0 Å². The van der Waals surface area contributed by atoms with E-state index in [-0.39, 0.29) is 11.7 Å². The predicted octanol–water partition coefficient (Wildman–Crippen LogP) is 8.03. The van der Waals surface area contributed by atoms with Crippen molar-refractivity contribution in [3.05, 3.63) is 90.2 Å². The topological polar surface area (TPSA) is 42.0 Å². The summed E-state index contributed by atoms with van der Waals surface area (Å²) in [5, 5.41) is 0. The third kappa shape index (κ3) is 9.67. The summed E-state index contributed by atoms with van der Waals surface area (Å²) in [6.45, 7) is 10.4. The minimum Gasteiger partial charge on any atom is -0.478 e. The summed E-state index contributed by atoms with van der Waals surface area (Å²) in [5.74, 6) is 0.668. The molecule has 0 aromatic heterocycles. The van der Waals surface area contributed by atoms with Gasteiger partial charge in [-0.2, -0.15) is 0 Å². The molecule has 0 fully saturated rings. The maximum Gasteiger partial charge on any atom is 0.268 e. The van der Waals surface area contributed by atoms with Crippen LogP contribution < -0.4 is 14.5 Å². The predicted molar refractivity (Wildman–Crippen MR) is 163 cm³/mol. The van der Waals surface area contributed by atoms with E-state index in [2.05, 4.69) is 25.7 Å². The van der Waals surface area contributed by atoms with E-state index in [0.29, 0.717) is 19.6 Å². The van der Waals surface area contributed by atoms with Gasteiger partial charge < -0.3 is 19.3 Å². The quantitative estimate of drug-likeness (QED) is 0.191. The number of hydrogen-bond acceptors (Lipinski definition) is 4. The zero-order valence-electron chi connectivity index (χ0n) is 24.4. The Morgan fingerprint density at radius 1 is 0.850 bits per heavy atom. The minimum absolute atomic E-state index is 0.0446. The van der Waals surface area contributed by atoms with E-state index in [9.17, 15) is 9.18 Å². The molecule has 1 aliphatic heterocycles. The van der Waals surface area contributed by atoms with Gasteiger partial charge in [0.15, 0.2) is 6.10 Å². The highest BCUT2D eigenvalue weighted by Crippen LogP contribution is 2.34. The molecule has 216 valence electrons. The summed E-state index contributed by atoms with van der Waals surface area (Å²) >= 11 is 0. The summed E-state index contributed by atoms with van der Waals surface area (Å²) in [4.78, 5) is 17.1. The van der Waals surface area contributed by atoms with Crippen LogP contribution in [0.2, 0.25) is 0 Å². The van der Waals surface area contributed by atoms with Crippen LogP contribution in [0.5, 0.6) is 5.75 Å². The van der Waals surface area contributed by atoms with Crippen LogP contribution in [-0.4, -0.2) is 38.3 Å². The van der Waals surface area contributed by atoms with Gasteiger partial charge in [-0.15, -0.1) is 0 Å². The number of fused-ring (bicyclic) bond motifs is 1. The van der Waals surface area contributed by atoms with Crippen molar-refractivity contribution in [1.82, 2.24) is 0 Å². The molecule has 0 spiro atoms. The standard InChI is InChI=1S/C22H27NO3.C12H18FN/c1-2-3-9-15-23-19-12-7-8-13-20(19)26-21(22(23)24)14-16-25-17-18-10-5-4-6-11-18;1-3-9-14(10-4-2)12-7-5-11(13)6-8-12/h4-8,10-13,21H,2-3,9,14-17H2,1H3;5-8H,3-4,9-10H2,1-2H3. The lowest BCUT2D eigenvalue weighted by Crippen LogP contribution is -2.46. The van der Waals surface area contributed by atoms with Gasteiger partial charge in [-0.1, -0.05) is 76.1 Å². The number of ether oxygens (including phenoxy) is 2. The molecule has 0 N–H and O–H groups in total. The molecule has 0 saturated heterocycles. The molecule has 4 rings (SSSR count). The Hall–Kier alpha value is -3.38. The maximum absolute atomic E-state index is 12.9. The van der Waals surface area contributed by atoms with Gasteiger partial charge in [0.1, 0.15) is 11.6 Å². The lowest BCUT2D eigenvalue weighted by atomic mass is 10.1. The lowest BCUT2D eigenvalue weighted by Gasteiger charge is -2.34. The van der Waals surface area contributed by atoms with Gasteiger partial charge >= 0.3 is 0 Å². The van der Waals surface area contributed by atoms with Crippen LogP contribution >= 0.6 is 0 Å². The van der Waals surface area contributed by atoms with Gasteiger partial charge in [0, 0.05) is 31.7 Å². The second kappa shape index (κ2) is 17.3. The fourth-order valence-electron chi connectivity index (χ4n) is 4.73. The van der Waals surface area contributed by atoms with Crippen molar-refractivity contribution in [1.29, 1.82) is 0 Å². The fourth-order valence-corrected chi connectivity index (χ4v) is 4.73. The molecule has 1 unspecified atom stereocenters. The van der Waals surface area contributed by atoms with E-state index in [1.165, 1.54) is 12.1 Å². The Balaban J connectivity index is 0.000000267. The third-order valence-corrected chi connectivity index (χ3v) is 6.77. The summed E-state index contributed by atoms with van der Waals surface area (Å²) in [6.07, 6.45) is 5.60. The highest BCUT2D eigenvalue weighted by atomic mass is 19.1. The van der Waals surface area contributed by atoms with E-state index in [0.717, 1.165) is 74.4 Å². The molecular formula is C34H45FN2O3. The first-order valence-corrected chi connectivity index (χ1v) is 14.8. The molecule has 40 heavy (non-hydrogen) atoms. The largest absolute Gasteiger partial charge is 0.478 e. The van der Waals surface area contributed by atoms with Crippen molar-refractivity contribution in [2.75, 3.05) is 36.0 Å². The van der Waals surface area contributed by atoms with Crippen LogP contribution in [0.4, 0.5) is 15.8 Å². The average Bonchev–Trinajstić information content (AvgIpc) is 2.98. The van der Waals surface area contributed by atoms with Crippen molar-refractivity contribution < 1.29 is 18.7 Å². The second-order valence-corrected chi connectivity index (χ2v) is 10.1. The van der Waals surface area contributed by atoms with Gasteiger partial charge in [-0.05, 0) is 61.2 Å². The number of carbonyl (C=O) groups is 1. The molecular weight excluding hydrogens is 503 g/mol. The molecule has 1 aliphatic rings. The van der Waals surface area contributed by atoms with Gasteiger partial charge in [0.2, 0.25) is 0 Å². The first-order chi connectivity index (χ1) is 19.6. The van der Waals surface area contributed by atoms with Gasteiger partial charge in [0.25, 0.3) is 5.91 Å². The molecule has 0 bridgehead atoms. The van der Waals surface area contributed by atoms with Crippen LogP contribution in [0.1, 0.15) is 64.9 Å². The van der Waals surface area contributed by atoms with Crippen LogP contribution in [0.25, 0.3) is 0 Å². The molecule has 3 aromatic rings. The number of rotatable bonds is 14. The molecule has 5 nitrogen and oxygen atoms in total. The average molecular weight is 549 g/mol. The van der Waals surface area contributed by atoms with Crippen LogP contribution in [0.15, 0.2) is 78.9 Å². The Morgan fingerprint density at radius 3 is 2.20 bits per heavy atom. The third-order valence-electron chi connectivity index (χ3n) is 6.77. The zero-order valence-corrected chi connectivity index (χ0v) is 24.4. The van der Waals surface area contributed by atoms with Crippen LogP contribution in [-0.2, 0) is 16.1 Å². The first-order valence-electron chi connectivity index (χ1n) is 14.8. The van der Waals surface area contributed by atoms with E-state index in [4.69, 9.17) is 9.47 Å². The Kier molecular flexibility index (Phi) is 13.5. The Labute approximate surface area is 239 Å². The highest BCUT2D eigenvalue weighted by Gasteiger charge is 2.33. The van der Waals surface area contributed by atoms with Gasteiger partial charge in [-0.3, -0.25) is 4.79 Å². The SMILES string of the molecule is CCCCCN1C(=O)C(CCOCc2ccccc2)Oc2ccccc21.CCCN(CCC)c1ccc(F)cc1. The van der Waals surface area contributed by atoms with E-state index in [1.54, 1.807) is 0 Å². The van der Waals surface area contributed by atoms with Gasteiger partial charge in [-0.25, -0.2) is 4.39 Å². The first kappa shape index (κ1) is 31.2. The van der Waals surface area contributed by atoms with Crippen LogP contribution in [0, 0.1) is 5.82 Å². The normalized spacial score (nSPS) is 14.2. The highest BCUT2D eigenvalue weighted by molar-refractivity contribution is 6.00. The summed E-state index contributed by atoms with van der Waals surface area (Å²) in [5.41, 5.74) is 3.14. The summed E-state index contributed by atoms with van der Waals surface area (Å²) in [7, 11) is 0. The minimum atomic E-state index is -0.470.